The Balaban J connectivity index is 1.69. The molecule has 1 aliphatic heterocycles. The van der Waals surface area contributed by atoms with E-state index >= 15 is 0 Å². The van der Waals surface area contributed by atoms with Gasteiger partial charge in [0.1, 0.15) is 0 Å². The Bertz CT molecular complexity index is 286. The smallest absolute Gasteiger partial charge is 0.0536 e. The van der Waals surface area contributed by atoms with E-state index in [-0.39, 0.29) is 0 Å². The van der Waals surface area contributed by atoms with Crippen LogP contribution < -0.4 is 5.73 Å². The molecule has 1 unspecified atom stereocenters. The van der Waals surface area contributed by atoms with E-state index in [0.29, 0.717) is 6.04 Å². The standard InChI is InChI=1S/C12H22N4/c1-11(13)12-3-7-15(8-4-12)9-10-16-6-2-5-14-16/h2,5-6,11-12H,3-4,7-10,13H2,1H3. The van der Waals surface area contributed by atoms with Crippen LogP contribution in [0.25, 0.3) is 0 Å². The van der Waals surface area contributed by atoms with Gasteiger partial charge >= 0.3 is 0 Å². The highest BCUT2D eigenvalue weighted by molar-refractivity contribution is 4.80. The molecule has 2 heterocycles. The molecule has 16 heavy (non-hydrogen) atoms. The van der Waals surface area contributed by atoms with Crippen molar-refractivity contribution >= 4 is 0 Å². The van der Waals surface area contributed by atoms with Crippen molar-refractivity contribution in [2.75, 3.05) is 19.6 Å². The van der Waals surface area contributed by atoms with E-state index in [4.69, 9.17) is 5.73 Å². The van der Waals surface area contributed by atoms with Crippen LogP contribution in [0.3, 0.4) is 0 Å². The molecule has 1 aromatic heterocycles. The Morgan fingerprint density at radius 1 is 1.38 bits per heavy atom. The van der Waals surface area contributed by atoms with Crippen LogP contribution in [0.2, 0.25) is 0 Å². The van der Waals surface area contributed by atoms with Crippen molar-refractivity contribution in [3.63, 3.8) is 0 Å². The minimum absolute atomic E-state index is 0.355. The van der Waals surface area contributed by atoms with E-state index in [0.717, 1.165) is 19.0 Å². The first kappa shape index (κ1) is 11.6. The van der Waals surface area contributed by atoms with Gasteiger partial charge in [-0.3, -0.25) is 4.68 Å². The van der Waals surface area contributed by atoms with Crippen LogP contribution in [0.1, 0.15) is 19.8 Å². The van der Waals surface area contributed by atoms with Gasteiger partial charge in [-0.1, -0.05) is 0 Å². The molecule has 0 radical (unpaired) electrons. The normalized spacial score (nSPS) is 21.1. The minimum Gasteiger partial charge on any atom is -0.328 e. The van der Waals surface area contributed by atoms with Gasteiger partial charge in [-0.05, 0) is 44.8 Å². The lowest BCUT2D eigenvalue weighted by Gasteiger charge is -2.33. The number of hydrogen-bond donors (Lipinski definition) is 1. The van der Waals surface area contributed by atoms with Crippen molar-refractivity contribution < 1.29 is 0 Å². The lowest BCUT2D eigenvalue weighted by molar-refractivity contribution is 0.166. The molecule has 0 bridgehead atoms. The molecule has 0 spiro atoms. The second-order valence-electron chi connectivity index (χ2n) is 4.81. The first-order chi connectivity index (χ1) is 7.75. The molecule has 90 valence electrons. The highest BCUT2D eigenvalue weighted by Gasteiger charge is 2.21. The van der Waals surface area contributed by atoms with Gasteiger partial charge in [-0.15, -0.1) is 0 Å². The number of hydrogen-bond acceptors (Lipinski definition) is 3. The fourth-order valence-corrected chi connectivity index (χ4v) is 2.38. The molecule has 0 aliphatic carbocycles. The predicted molar refractivity (Wildman–Crippen MR) is 65.0 cm³/mol. The summed E-state index contributed by atoms with van der Waals surface area (Å²) in [5.74, 6) is 0.723. The predicted octanol–water partition coefficient (Wildman–Crippen LogP) is 0.942. The quantitative estimate of drug-likeness (QED) is 0.825. The molecule has 0 amide bonds. The van der Waals surface area contributed by atoms with E-state index < -0.39 is 0 Å². The number of nitrogens with zero attached hydrogens (tertiary/aromatic N) is 3. The van der Waals surface area contributed by atoms with Crippen molar-refractivity contribution in [3.05, 3.63) is 18.5 Å². The maximum Gasteiger partial charge on any atom is 0.0536 e. The third-order valence-electron chi connectivity index (χ3n) is 3.58. The van der Waals surface area contributed by atoms with Gasteiger partial charge in [0.25, 0.3) is 0 Å². The van der Waals surface area contributed by atoms with E-state index in [1.807, 2.05) is 23.1 Å². The first-order valence-corrected chi connectivity index (χ1v) is 6.21. The van der Waals surface area contributed by atoms with Crippen LogP contribution in [0, 0.1) is 5.92 Å². The molecule has 1 atom stereocenters. The largest absolute Gasteiger partial charge is 0.328 e. The number of piperidine rings is 1. The number of likely N-dealkylation sites (tertiary alicyclic amines) is 1. The maximum absolute atomic E-state index is 5.93. The average Bonchev–Trinajstić information content (AvgIpc) is 2.80. The summed E-state index contributed by atoms with van der Waals surface area (Å²) < 4.78 is 2.00. The molecule has 2 rings (SSSR count). The summed E-state index contributed by atoms with van der Waals surface area (Å²) in [7, 11) is 0. The van der Waals surface area contributed by atoms with Crippen LogP contribution in [0.15, 0.2) is 18.5 Å². The fraction of sp³-hybridized carbons (Fsp3) is 0.750. The Hall–Kier alpha value is -0.870. The zero-order chi connectivity index (χ0) is 11.4. The maximum atomic E-state index is 5.93. The highest BCUT2D eigenvalue weighted by Crippen LogP contribution is 2.19. The summed E-state index contributed by atoms with van der Waals surface area (Å²) in [5, 5.41) is 4.21. The summed E-state index contributed by atoms with van der Waals surface area (Å²) in [6.07, 6.45) is 6.35. The van der Waals surface area contributed by atoms with Gasteiger partial charge in [-0.2, -0.15) is 5.10 Å². The van der Waals surface area contributed by atoms with Crippen LogP contribution in [0.4, 0.5) is 0 Å². The molecule has 1 aromatic rings. The van der Waals surface area contributed by atoms with Crippen LogP contribution in [-0.2, 0) is 6.54 Å². The summed E-state index contributed by atoms with van der Waals surface area (Å²) >= 11 is 0. The minimum atomic E-state index is 0.355. The Morgan fingerprint density at radius 3 is 2.69 bits per heavy atom. The van der Waals surface area contributed by atoms with Gasteiger partial charge in [-0.25, -0.2) is 0 Å². The molecule has 4 heteroatoms. The van der Waals surface area contributed by atoms with E-state index in [1.54, 1.807) is 0 Å². The van der Waals surface area contributed by atoms with Crippen LogP contribution in [0.5, 0.6) is 0 Å². The van der Waals surface area contributed by atoms with Gasteiger partial charge in [0.15, 0.2) is 0 Å². The summed E-state index contributed by atoms with van der Waals surface area (Å²) in [6.45, 7) is 6.61. The second kappa shape index (κ2) is 5.46. The fourth-order valence-electron chi connectivity index (χ4n) is 2.38. The van der Waals surface area contributed by atoms with Gasteiger partial charge < -0.3 is 10.6 Å². The molecule has 4 nitrogen and oxygen atoms in total. The molecule has 1 saturated heterocycles. The zero-order valence-electron chi connectivity index (χ0n) is 10.0. The SMILES string of the molecule is CC(N)C1CCN(CCn2cccn2)CC1. The Morgan fingerprint density at radius 2 is 2.12 bits per heavy atom. The molecule has 0 aromatic carbocycles. The third kappa shape index (κ3) is 3.06. The van der Waals surface area contributed by atoms with Gasteiger partial charge in [0.2, 0.25) is 0 Å². The lowest BCUT2D eigenvalue weighted by Crippen LogP contribution is -2.40. The second-order valence-corrected chi connectivity index (χ2v) is 4.81. The topological polar surface area (TPSA) is 47.1 Å². The molecule has 1 aliphatic rings. The number of aromatic nitrogens is 2. The Kier molecular flexibility index (Phi) is 3.96. The van der Waals surface area contributed by atoms with Gasteiger partial charge in [0.05, 0.1) is 6.54 Å². The highest BCUT2D eigenvalue weighted by atomic mass is 15.3. The summed E-state index contributed by atoms with van der Waals surface area (Å²) in [5.41, 5.74) is 5.93. The molecule has 0 saturated carbocycles. The van der Waals surface area contributed by atoms with Crippen LogP contribution in [-0.4, -0.2) is 40.4 Å². The van der Waals surface area contributed by atoms with E-state index in [1.165, 1.54) is 25.9 Å². The Labute approximate surface area is 97.4 Å². The third-order valence-corrected chi connectivity index (χ3v) is 3.58. The monoisotopic (exact) mass is 222 g/mol. The number of nitrogens with two attached hydrogens (primary N) is 1. The van der Waals surface area contributed by atoms with Crippen molar-refractivity contribution in [1.29, 1.82) is 0 Å². The molecule has 1 fully saturated rings. The first-order valence-electron chi connectivity index (χ1n) is 6.21. The lowest BCUT2D eigenvalue weighted by atomic mass is 9.91. The summed E-state index contributed by atoms with van der Waals surface area (Å²) in [6, 6.07) is 2.33. The van der Waals surface area contributed by atoms with Crippen molar-refractivity contribution in [3.8, 4) is 0 Å². The average molecular weight is 222 g/mol. The van der Waals surface area contributed by atoms with E-state index in [9.17, 15) is 0 Å². The van der Waals surface area contributed by atoms with Crippen molar-refractivity contribution in [1.82, 2.24) is 14.7 Å². The molecular weight excluding hydrogens is 200 g/mol. The van der Waals surface area contributed by atoms with Crippen molar-refractivity contribution in [2.24, 2.45) is 11.7 Å². The molecular formula is C12H22N4. The van der Waals surface area contributed by atoms with Crippen LogP contribution >= 0.6 is 0 Å². The summed E-state index contributed by atoms with van der Waals surface area (Å²) in [4.78, 5) is 2.51. The van der Waals surface area contributed by atoms with E-state index in [2.05, 4.69) is 16.9 Å². The molecule has 2 N–H and O–H groups in total. The number of rotatable bonds is 4. The van der Waals surface area contributed by atoms with Gasteiger partial charge in [0, 0.05) is 25.0 Å². The zero-order valence-corrected chi connectivity index (χ0v) is 10.0. The van der Waals surface area contributed by atoms with Crippen molar-refractivity contribution in [2.45, 2.75) is 32.4 Å².